The zero-order chi connectivity index (χ0) is 11.1. The van der Waals surface area contributed by atoms with Crippen LogP contribution < -0.4 is 0 Å². The summed E-state index contributed by atoms with van der Waals surface area (Å²) in [5.74, 6) is -1.64. The maximum atomic E-state index is 11.7. The first-order valence-corrected chi connectivity index (χ1v) is 5.79. The van der Waals surface area contributed by atoms with Crippen LogP contribution >= 0.6 is 0 Å². The van der Waals surface area contributed by atoms with Crippen molar-refractivity contribution in [2.24, 2.45) is 0 Å². The van der Waals surface area contributed by atoms with Crippen molar-refractivity contribution < 1.29 is 22.7 Å². The van der Waals surface area contributed by atoms with E-state index in [4.69, 9.17) is 9.52 Å². The summed E-state index contributed by atoms with van der Waals surface area (Å²) >= 11 is 0. The summed E-state index contributed by atoms with van der Waals surface area (Å²) in [6.45, 7) is 0.927. The minimum absolute atomic E-state index is 0. The summed E-state index contributed by atoms with van der Waals surface area (Å²) in [5, 5.41) is 8.27. The summed E-state index contributed by atoms with van der Waals surface area (Å²) in [4.78, 5) is 10.5. The van der Waals surface area contributed by atoms with Gasteiger partial charge in [0.05, 0.1) is 0 Å². The molecule has 1 aromatic heterocycles. The summed E-state index contributed by atoms with van der Waals surface area (Å²) in [6, 6.07) is 2.30. The average Bonchev–Trinajstić information content (AvgIpc) is 2.46. The molecule has 2 rings (SSSR count). The molecule has 8 heteroatoms. The van der Waals surface area contributed by atoms with Gasteiger partial charge in [-0.1, -0.05) is 0 Å². The Morgan fingerprint density at radius 3 is 2.38 bits per heavy atom. The number of rotatable bonds is 3. The van der Waals surface area contributed by atoms with Gasteiger partial charge in [0, 0.05) is 13.1 Å². The van der Waals surface area contributed by atoms with Crippen LogP contribution in [-0.4, -0.2) is 55.7 Å². The maximum absolute atomic E-state index is 11.7. The summed E-state index contributed by atoms with van der Waals surface area (Å²) in [6.07, 6.45) is 0.825. The van der Waals surface area contributed by atoms with Gasteiger partial charge in [-0.2, -0.15) is 4.31 Å². The topological polar surface area (TPSA) is 87.8 Å². The van der Waals surface area contributed by atoms with E-state index in [2.05, 4.69) is 0 Å². The number of carbonyl (C=O) groups is 1. The van der Waals surface area contributed by atoms with E-state index in [1.165, 1.54) is 4.31 Å². The molecule has 84 valence electrons. The number of aromatic carboxylic acids is 1. The Bertz CT molecular complexity index is 490. The number of nitrogens with zero attached hydrogens (tertiary/aromatic N) is 1. The van der Waals surface area contributed by atoms with Gasteiger partial charge in [0.25, 0.3) is 10.0 Å². The van der Waals surface area contributed by atoms with Crippen molar-refractivity contribution in [1.29, 1.82) is 0 Å². The van der Waals surface area contributed by atoms with E-state index in [1.54, 1.807) is 0 Å². The molecule has 1 aliphatic rings. The van der Waals surface area contributed by atoms with Gasteiger partial charge in [-0.25, -0.2) is 13.2 Å². The molecule has 1 fully saturated rings. The zero-order valence-corrected chi connectivity index (χ0v) is 8.53. The monoisotopic (exact) mass is 239 g/mol. The van der Waals surface area contributed by atoms with Gasteiger partial charge in [0.1, 0.15) is 0 Å². The van der Waals surface area contributed by atoms with Crippen LogP contribution in [0.3, 0.4) is 0 Å². The first-order valence-electron chi connectivity index (χ1n) is 4.35. The second-order valence-electron chi connectivity index (χ2n) is 3.18. The third-order valence-corrected chi connectivity index (χ3v) is 3.97. The van der Waals surface area contributed by atoms with Crippen LogP contribution in [0.5, 0.6) is 0 Å². The van der Waals surface area contributed by atoms with E-state index in [9.17, 15) is 13.2 Å². The summed E-state index contributed by atoms with van der Waals surface area (Å²) in [5.41, 5.74) is 0. The molecule has 1 saturated heterocycles. The molecule has 0 saturated carbocycles. The molecule has 16 heavy (non-hydrogen) atoms. The summed E-state index contributed by atoms with van der Waals surface area (Å²) < 4.78 is 29.4. The van der Waals surface area contributed by atoms with Crippen LogP contribution in [0, 0.1) is 0 Å². The van der Waals surface area contributed by atoms with Gasteiger partial charge in [-0.05, 0) is 18.6 Å². The quantitative estimate of drug-likeness (QED) is 0.733. The van der Waals surface area contributed by atoms with Gasteiger partial charge in [-0.15, -0.1) is 0 Å². The second-order valence-corrected chi connectivity index (χ2v) is 5.05. The minimum atomic E-state index is -3.61. The Kier molecular flexibility index (Phi) is 3.86. The van der Waals surface area contributed by atoms with Crippen molar-refractivity contribution in [3.8, 4) is 0 Å². The van der Waals surface area contributed by atoms with E-state index >= 15 is 0 Å². The SMILES string of the molecule is O=C(O)c1ccc(S(=O)(=O)N2CCC2)o1.[LiH]. The van der Waals surface area contributed by atoms with Crippen molar-refractivity contribution in [1.82, 2.24) is 4.31 Å². The van der Waals surface area contributed by atoms with Crippen molar-refractivity contribution in [2.45, 2.75) is 11.5 Å². The van der Waals surface area contributed by atoms with Gasteiger partial charge in [0.2, 0.25) is 10.9 Å². The molecule has 2 heterocycles. The molecule has 1 aromatic rings. The van der Waals surface area contributed by atoms with Crippen molar-refractivity contribution in [3.05, 3.63) is 17.9 Å². The average molecular weight is 239 g/mol. The van der Waals surface area contributed by atoms with Crippen LogP contribution in [0.15, 0.2) is 21.6 Å². The Morgan fingerprint density at radius 2 is 2.00 bits per heavy atom. The zero-order valence-electron chi connectivity index (χ0n) is 7.71. The molecule has 1 N–H and O–H groups in total. The fourth-order valence-electron chi connectivity index (χ4n) is 1.23. The number of hydrogen-bond donors (Lipinski definition) is 1. The fraction of sp³-hybridized carbons (Fsp3) is 0.375. The predicted octanol–water partition coefficient (Wildman–Crippen LogP) is -0.276. The van der Waals surface area contributed by atoms with Crippen LogP contribution in [0.2, 0.25) is 0 Å². The van der Waals surface area contributed by atoms with Crippen molar-refractivity contribution >= 4 is 34.9 Å². The van der Waals surface area contributed by atoms with E-state index in [-0.39, 0.29) is 29.7 Å². The first-order chi connectivity index (χ1) is 7.01. The second kappa shape index (κ2) is 4.63. The fourth-order valence-corrected chi connectivity index (χ4v) is 2.66. The Labute approximate surface area is 104 Å². The van der Waals surface area contributed by atoms with Crippen LogP contribution in [-0.2, 0) is 10.0 Å². The van der Waals surface area contributed by atoms with E-state index < -0.39 is 16.0 Å². The molecule has 0 unspecified atom stereocenters. The van der Waals surface area contributed by atoms with Gasteiger partial charge in [-0.3, -0.25) is 0 Å². The molecule has 0 aliphatic carbocycles. The van der Waals surface area contributed by atoms with Crippen molar-refractivity contribution in [2.75, 3.05) is 13.1 Å². The normalized spacial score (nSPS) is 16.2. The Hall–Kier alpha value is -0.743. The van der Waals surface area contributed by atoms with E-state index in [0.717, 1.165) is 18.6 Å². The third kappa shape index (κ3) is 2.18. The van der Waals surface area contributed by atoms with E-state index in [1.807, 2.05) is 0 Å². The van der Waals surface area contributed by atoms with Gasteiger partial charge in [0.15, 0.2) is 0 Å². The Morgan fingerprint density at radius 1 is 1.38 bits per heavy atom. The molecule has 0 amide bonds. The summed E-state index contributed by atoms with van der Waals surface area (Å²) in [7, 11) is -3.61. The molecule has 0 radical (unpaired) electrons. The number of hydrogen-bond acceptors (Lipinski definition) is 4. The van der Waals surface area contributed by atoms with Gasteiger partial charge >= 0.3 is 24.8 Å². The van der Waals surface area contributed by atoms with Crippen LogP contribution in [0.25, 0.3) is 0 Å². The standard InChI is InChI=1S/C8H9NO5S.Li.H/c10-8(11)6-2-3-7(14-6)15(12,13)9-4-1-5-9;;/h2-3H,1,4-5H2,(H,10,11);;. The number of sulfonamides is 1. The molecule has 0 bridgehead atoms. The number of carboxylic acids is 1. The molecule has 0 atom stereocenters. The molecule has 1 aliphatic heterocycles. The van der Waals surface area contributed by atoms with Crippen LogP contribution in [0.4, 0.5) is 0 Å². The molecule has 0 spiro atoms. The number of carboxylic acid groups (broad SMARTS) is 1. The molecular formula is C8H10LiNO5S. The Balaban J connectivity index is 0.00000128. The van der Waals surface area contributed by atoms with Crippen molar-refractivity contribution in [3.63, 3.8) is 0 Å². The molecular weight excluding hydrogens is 229 g/mol. The van der Waals surface area contributed by atoms with Crippen LogP contribution in [0.1, 0.15) is 17.0 Å². The van der Waals surface area contributed by atoms with E-state index in [0.29, 0.717) is 13.1 Å². The predicted molar refractivity (Wildman–Crippen MR) is 56.2 cm³/mol. The number of furan rings is 1. The molecule has 6 nitrogen and oxygen atoms in total. The van der Waals surface area contributed by atoms with Gasteiger partial charge < -0.3 is 9.52 Å². The third-order valence-electron chi connectivity index (χ3n) is 2.20. The first kappa shape index (κ1) is 13.3. The molecule has 0 aromatic carbocycles.